The van der Waals surface area contributed by atoms with Crippen LogP contribution < -0.4 is 0 Å². The van der Waals surface area contributed by atoms with Crippen molar-refractivity contribution in [2.45, 2.75) is 48.0 Å². The zero-order valence-corrected chi connectivity index (χ0v) is 10.4. The van der Waals surface area contributed by atoms with Gasteiger partial charge in [-0.25, -0.2) is 0 Å². The van der Waals surface area contributed by atoms with Crippen molar-refractivity contribution in [2.24, 2.45) is 0 Å². The summed E-state index contributed by atoms with van der Waals surface area (Å²) in [7, 11) is 0.500. The zero-order valence-electron chi connectivity index (χ0n) is 10.4. The van der Waals surface area contributed by atoms with Crippen molar-refractivity contribution in [3.8, 4) is 0 Å². The molecule has 13 heavy (non-hydrogen) atoms. The van der Waals surface area contributed by atoms with Gasteiger partial charge in [-0.05, 0) is 13.3 Å². The molecule has 82 valence electrons. The van der Waals surface area contributed by atoms with E-state index in [1.807, 2.05) is 39.8 Å². The molecule has 0 N–H and O–H groups in total. The smallest absolute Gasteiger partial charge is 0.0785 e. The van der Waals surface area contributed by atoms with Crippen LogP contribution >= 0.6 is 0 Å². The van der Waals surface area contributed by atoms with Crippen molar-refractivity contribution >= 4 is 0 Å². The number of hydrogen-bond acceptors (Lipinski definition) is 0. The molecule has 0 fully saturated rings. The lowest BCUT2D eigenvalue weighted by molar-refractivity contribution is 0.636. The molecule has 0 radical (unpaired) electrons. The lowest BCUT2D eigenvalue weighted by atomic mass is 10.2. The van der Waals surface area contributed by atoms with E-state index in [-0.39, 0.29) is 0 Å². The van der Waals surface area contributed by atoms with E-state index in [1.165, 1.54) is 5.57 Å². The van der Waals surface area contributed by atoms with Gasteiger partial charge in [0, 0.05) is 0 Å². The summed E-state index contributed by atoms with van der Waals surface area (Å²) in [6.45, 7) is 15.8. The standard InChI is InChI=1S/C7H12.2C2H6.CH3F/c1-4-6-7(3)5-2;3*1-2/h4,6H,1,5H2,2-3H3;2*1-2H3;1H3/b7-6-;;;. The van der Waals surface area contributed by atoms with Gasteiger partial charge in [0.1, 0.15) is 0 Å². The van der Waals surface area contributed by atoms with Gasteiger partial charge in [-0.15, -0.1) is 0 Å². The predicted molar refractivity (Wildman–Crippen MR) is 64.0 cm³/mol. The van der Waals surface area contributed by atoms with Crippen LogP contribution in [0, 0.1) is 0 Å². The molecule has 0 aromatic carbocycles. The summed E-state index contributed by atoms with van der Waals surface area (Å²) in [6, 6.07) is 0. The molecule has 0 amide bonds. The van der Waals surface area contributed by atoms with E-state index < -0.39 is 0 Å². The molecule has 0 rings (SSSR count). The maximum Gasteiger partial charge on any atom is 0.0785 e. The summed E-state index contributed by atoms with van der Waals surface area (Å²) in [5.41, 5.74) is 1.38. The number of allylic oxidation sites excluding steroid dienone is 3. The molecule has 0 aromatic rings. The third-order valence-corrected chi connectivity index (χ3v) is 0.960. The van der Waals surface area contributed by atoms with Gasteiger partial charge in [0.2, 0.25) is 0 Å². The van der Waals surface area contributed by atoms with Crippen LogP contribution in [0.3, 0.4) is 0 Å². The van der Waals surface area contributed by atoms with E-state index in [4.69, 9.17) is 0 Å². The normalized spacial score (nSPS) is 7.54. The molecular formula is C12H27F. The fourth-order valence-corrected chi connectivity index (χ4v) is 0.319. The highest BCUT2D eigenvalue weighted by Gasteiger charge is 1.74. The molecule has 0 saturated carbocycles. The maximum atomic E-state index is 9.50. The number of hydrogen-bond donors (Lipinski definition) is 0. The summed E-state index contributed by atoms with van der Waals surface area (Å²) in [4.78, 5) is 0. The van der Waals surface area contributed by atoms with Crippen LogP contribution in [0.2, 0.25) is 0 Å². The van der Waals surface area contributed by atoms with Gasteiger partial charge in [0.05, 0.1) is 7.18 Å². The molecule has 1 heteroatoms. The Morgan fingerprint density at radius 1 is 1.15 bits per heavy atom. The van der Waals surface area contributed by atoms with Gasteiger partial charge in [0.25, 0.3) is 0 Å². The predicted octanol–water partition coefficient (Wildman–Crippen LogP) is 5.17. The average molecular weight is 190 g/mol. The van der Waals surface area contributed by atoms with E-state index in [1.54, 1.807) is 0 Å². The van der Waals surface area contributed by atoms with Crippen molar-refractivity contribution in [3.05, 3.63) is 24.3 Å². The summed E-state index contributed by atoms with van der Waals surface area (Å²) in [6.07, 6.45) is 4.98. The fraction of sp³-hybridized carbons (Fsp3) is 0.667. The van der Waals surface area contributed by atoms with Gasteiger partial charge in [-0.3, -0.25) is 4.39 Å². The highest BCUT2D eigenvalue weighted by atomic mass is 19.1. The van der Waals surface area contributed by atoms with Crippen molar-refractivity contribution in [1.82, 2.24) is 0 Å². The van der Waals surface area contributed by atoms with Crippen LogP contribution in [-0.2, 0) is 0 Å². The van der Waals surface area contributed by atoms with Gasteiger partial charge < -0.3 is 0 Å². The Bertz CT molecular complexity index is 83.1. The molecule has 0 bridgehead atoms. The van der Waals surface area contributed by atoms with E-state index >= 15 is 0 Å². The SMILES string of the molecule is C=C/C=C(/C)CC.CC.CC.CF. The quantitative estimate of drug-likeness (QED) is 0.527. The summed E-state index contributed by atoms with van der Waals surface area (Å²) in [5, 5.41) is 0. The van der Waals surface area contributed by atoms with Gasteiger partial charge >= 0.3 is 0 Å². The van der Waals surface area contributed by atoms with Crippen molar-refractivity contribution in [2.75, 3.05) is 7.18 Å². The van der Waals surface area contributed by atoms with E-state index in [0.29, 0.717) is 7.18 Å². The van der Waals surface area contributed by atoms with Gasteiger partial charge in [-0.1, -0.05) is 58.9 Å². The molecule has 0 atom stereocenters. The Hall–Kier alpha value is -0.590. The van der Waals surface area contributed by atoms with Crippen molar-refractivity contribution in [3.63, 3.8) is 0 Å². The minimum atomic E-state index is 0.500. The molecule has 0 heterocycles. The van der Waals surface area contributed by atoms with Crippen molar-refractivity contribution in [1.29, 1.82) is 0 Å². The molecule has 0 spiro atoms. The minimum absolute atomic E-state index is 0.500. The lowest BCUT2D eigenvalue weighted by Crippen LogP contribution is -1.65. The van der Waals surface area contributed by atoms with Crippen LogP contribution in [-0.4, -0.2) is 7.18 Å². The second-order valence-electron chi connectivity index (χ2n) is 1.60. The van der Waals surface area contributed by atoms with Crippen LogP contribution in [0.25, 0.3) is 0 Å². The molecule has 0 saturated heterocycles. The van der Waals surface area contributed by atoms with Crippen LogP contribution in [0.15, 0.2) is 24.3 Å². The molecule has 0 aromatic heterocycles. The average Bonchev–Trinajstić information content (AvgIpc) is 2.27. The Kier molecular flexibility index (Phi) is 74.2. The highest BCUT2D eigenvalue weighted by Crippen LogP contribution is 1.95. The van der Waals surface area contributed by atoms with Crippen LogP contribution in [0.4, 0.5) is 4.39 Å². The first-order valence-electron chi connectivity index (χ1n) is 4.97. The van der Waals surface area contributed by atoms with E-state index in [9.17, 15) is 4.39 Å². The second-order valence-corrected chi connectivity index (χ2v) is 1.60. The van der Waals surface area contributed by atoms with E-state index in [0.717, 1.165) is 6.42 Å². The Morgan fingerprint density at radius 3 is 1.54 bits per heavy atom. The third kappa shape index (κ3) is 52.0. The fourth-order valence-electron chi connectivity index (χ4n) is 0.319. The number of rotatable bonds is 2. The molecule has 0 aliphatic heterocycles. The largest absolute Gasteiger partial charge is 0.255 e. The molecule has 0 nitrogen and oxygen atoms in total. The second kappa shape index (κ2) is 42.2. The maximum absolute atomic E-state index is 9.50. The molecule has 0 aliphatic rings. The Morgan fingerprint density at radius 2 is 1.46 bits per heavy atom. The van der Waals surface area contributed by atoms with E-state index in [2.05, 4.69) is 20.4 Å². The first-order valence-corrected chi connectivity index (χ1v) is 4.97. The highest BCUT2D eigenvalue weighted by molar-refractivity contribution is 5.06. The zero-order chi connectivity index (χ0) is 11.7. The molecular weight excluding hydrogens is 163 g/mol. The third-order valence-electron chi connectivity index (χ3n) is 0.960. The summed E-state index contributed by atoms with van der Waals surface area (Å²) >= 11 is 0. The Labute approximate surface area is 84.6 Å². The molecule has 0 aliphatic carbocycles. The monoisotopic (exact) mass is 190 g/mol. The Balaban J connectivity index is -0.0000000573. The van der Waals surface area contributed by atoms with Gasteiger partial charge in [-0.2, -0.15) is 0 Å². The lowest BCUT2D eigenvalue weighted by Gasteiger charge is -1.86. The topological polar surface area (TPSA) is 0 Å². The summed E-state index contributed by atoms with van der Waals surface area (Å²) in [5.74, 6) is 0. The van der Waals surface area contributed by atoms with Crippen LogP contribution in [0.1, 0.15) is 48.0 Å². The molecule has 0 unspecified atom stereocenters. The van der Waals surface area contributed by atoms with Crippen LogP contribution in [0.5, 0.6) is 0 Å². The van der Waals surface area contributed by atoms with Crippen molar-refractivity contribution < 1.29 is 4.39 Å². The van der Waals surface area contributed by atoms with Gasteiger partial charge in [0.15, 0.2) is 0 Å². The number of alkyl halides is 1. The first-order chi connectivity index (χ1) is 6.31. The first kappa shape index (κ1) is 22.8. The summed E-state index contributed by atoms with van der Waals surface area (Å²) < 4.78 is 9.50. The number of halogens is 1. The minimum Gasteiger partial charge on any atom is -0.255 e.